The predicted octanol–water partition coefficient (Wildman–Crippen LogP) is 2.38. The molecule has 1 saturated heterocycles. The van der Waals surface area contributed by atoms with Gasteiger partial charge in [-0.2, -0.15) is 4.31 Å². The number of amides is 1. The topological polar surface area (TPSA) is 75.7 Å². The van der Waals surface area contributed by atoms with Crippen LogP contribution in [-0.2, 0) is 14.8 Å². The van der Waals surface area contributed by atoms with Crippen molar-refractivity contribution in [2.45, 2.75) is 29.7 Å². The summed E-state index contributed by atoms with van der Waals surface area (Å²) in [5.74, 6) is -0.108. The minimum absolute atomic E-state index is 0.0795. The van der Waals surface area contributed by atoms with Crippen LogP contribution in [0.1, 0.15) is 24.3 Å². The molecule has 0 aromatic heterocycles. The van der Waals surface area contributed by atoms with Gasteiger partial charge in [-0.1, -0.05) is 36.4 Å². The molecule has 2 unspecified atom stereocenters. The fourth-order valence-corrected chi connectivity index (χ4v) is 5.31. The third-order valence-electron chi connectivity index (χ3n) is 5.47. The summed E-state index contributed by atoms with van der Waals surface area (Å²) in [4.78, 5) is 13.2. The maximum atomic E-state index is 13.1. The number of carbonyl (C=O) groups excluding carboxylic acids is 1. The van der Waals surface area contributed by atoms with E-state index in [1.54, 1.807) is 37.4 Å². The van der Waals surface area contributed by atoms with Gasteiger partial charge in [0.15, 0.2) is 0 Å². The molecule has 6 nitrogen and oxygen atoms in total. The number of hydrogen-bond acceptors (Lipinski definition) is 4. The van der Waals surface area contributed by atoms with E-state index in [0.717, 1.165) is 18.4 Å². The molecule has 2 aliphatic rings. The highest BCUT2D eigenvalue weighted by atomic mass is 32.2. The number of methoxy groups -OCH3 is 1. The van der Waals surface area contributed by atoms with E-state index in [0.29, 0.717) is 5.75 Å². The van der Waals surface area contributed by atoms with Gasteiger partial charge in [-0.25, -0.2) is 8.42 Å². The van der Waals surface area contributed by atoms with Crippen molar-refractivity contribution >= 4 is 15.9 Å². The van der Waals surface area contributed by atoms with Gasteiger partial charge >= 0.3 is 0 Å². The van der Waals surface area contributed by atoms with E-state index in [1.807, 2.05) is 24.3 Å². The highest BCUT2D eigenvalue weighted by molar-refractivity contribution is 7.89. The Morgan fingerprint density at radius 3 is 2.39 bits per heavy atom. The largest absolute Gasteiger partial charge is 0.496 e. The molecule has 0 radical (unpaired) electrons. The molecular weight excluding hydrogens is 376 g/mol. The molecular formula is C21H24N2O4S. The molecule has 2 aromatic carbocycles. The molecule has 28 heavy (non-hydrogen) atoms. The molecule has 1 N–H and O–H groups in total. The van der Waals surface area contributed by atoms with Crippen LogP contribution in [0.25, 0.3) is 0 Å². The van der Waals surface area contributed by atoms with Crippen molar-refractivity contribution in [1.82, 2.24) is 9.62 Å². The zero-order valence-corrected chi connectivity index (χ0v) is 16.6. The van der Waals surface area contributed by atoms with E-state index in [2.05, 4.69) is 5.32 Å². The Bertz CT molecular complexity index is 957. The second kappa shape index (κ2) is 7.56. The first-order chi connectivity index (χ1) is 13.5. The Morgan fingerprint density at radius 1 is 1.04 bits per heavy atom. The Labute approximate surface area is 165 Å². The van der Waals surface area contributed by atoms with Crippen LogP contribution in [0.15, 0.2) is 59.5 Å². The predicted molar refractivity (Wildman–Crippen MR) is 106 cm³/mol. The lowest BCUT2D eigenvalue weighted by molar-refractivity contribution is -0.125. The molecule has 1 heterocycles. The zero-order valence-electron chi connectivity index (χ0n) is 15.7. The summed E-state index contributed by atoms with van der Waals surface area (Å²) in [6.07, 6.45) is 1.98. The van der Waals surface area contributed by atoms with Crippen LogP contribution in [0.5, 0.6) is 5.75 Å². The van der Waals surface area contributed by atoms with Gasteiger partial charge in [-0.05, 0) is 36.6 Å². The normalized spacial score (nSPS) is 22.8. The number of sulfonamides is 1. The molecule has 148 valence electrons. The Kier molecular flexibility index (Phi) is 5.12. The lowest BCUT2D eigenvalue weighted by Crippen LogP contribution is -2.36. The van der Waals surface area contributed by atoms with Crippen molar-refractivity contribution in [2.24, 2.45) is 5.92 Å². The second-order valence-corrected chi connectivity index (χ2v) is 9.31. The molecule has 2 aromatic rings. The van der Waals surface area contributed by atoms with Gasteiger partial charge in [0.05, 0.1) is 17.9 Å². The minimum atomic E-state index is -3.67. The van der Waals surface area contributed by atoms with Gasteiger partial charge < -0.3 is 10.1 Å². The van der Waals surface area contributed by atoms with Crippen LogP contribution in [0, 0.1) is 5.92 Å². The first-order valence-electron chi connectivity index (χ1n) is 9.49. The molecule has 2 fully saturated rings. The quantitative estimate of drug-likeness (QED) is 0.808. The molecule has 0 spiro atoms. The summed E-state index contributed by atoms with van der Waals surface area (Å²) in [7, 11) is -2.08. The van der Waals surface area contributed by atoms with Crippen molar-refractivity contribution in [3.8, 4) is 5.75 Å². The SMILES string of the molecule is COc1ccccc1C1CN(S(=O)(=O)c2ccccc2)CC1C(=O)NC1CC1. The fraction of sp³-hybridized carbons (Fsp3) is 0.381. The molecule has 1 aliphatic heterocycles. The zero-order chi connectivity index (χ0) is 19.7. The second-order valence-electron chi connectivity index (χ2n) is 7.37. The molecule has 0 bridgehead atoms. The minimum Gasteiger partial charge on any atom is -0.496 e. The molecule has 4 rings (SSSR count). The van der Waals surface area contributed by atoms with Crippen LogP contribution in [0.2, 0.25) is 0 Å². The lowest BCUT2D eigenvalue weighted by atomic mass is 9.87. The van der Waals surface area contributed by atoms with Crippen molar-refractivity contribution in [3.63, 3.8) is 0 Å². The first kappa shape index (κ1) is 19.0. The van der Waals surface area contributed by atoms with Crippen LogP contribution < -0.4 is 10.1 Å². The maximum Gasteiger partial charge on any atom is 0.243 e. The van der Waals surface area contributed by atoms with E-state index in [4.69, 9.17) is 4.74 Å². The highest BCUT2D eigenvalue weighted by Crippen LogP contribution is 2.40. The smallest absolute Gasteiger partial charge is 0.243 e. The Morgan fingerprint density at radius 2 is 1.71 bits per heavy atom. The van der Waals surface area contributed by atoms with Crippen molar-refractivity contribution < 1.29 is 17.9 Å². The molecule has 2 atom stereocenters. The number of nitrogens with one attached hydrogen (secondary N) is 1. The fourth-order valence-electron chi connectivity index (χ4n) is 3.79. The summed E-state index contributed by atoms with van der Waals surface area (Å²) in [5, 5.41) is 3.04. The van der Waals surface area contributed by atoms with E-state index >= 15 is 0 Å². The van der Waals surface area contributed by atoms with Gasteiger partial charge in [0, 0.05) is 25.0 Å². The third-order valence-corrected chi connectivity index (χ3v) is 7.31. The Balaban J connectivity index is 1.67. The van der Waals surface area contributed by atoms with E-state index in [1.165, 1.54) is 4.31 Å². The number of hydrogen-bond donors (Lipinski definition) is 1. The number of para-hydroxylation sites is 1. The summed E-state index contributed by atoms with van der Waals surface area (Å²) in [6.45, 7) is 0.416. The molecule has 1 amide bonds. The lowest BCUT2D eigenvalue weighted by Gasteiger charge is -2.20. The Hall–Kier alpha value is -2.38. The standard InChI is InChI=1S/C21H24N2O4S/c1-27-20-10-6-5-9-17(20)18-13-23(14-19(18)21(24)22-15-11-12-15)28(25,26)16-7-3-2-4-8-16/h2-10,15,18-19H,11-14H2,1H3,(H,22,24). The third kappa shape index (κ3) is 3.64. The molecule has 1 saturated carbocycles. The van der Waals surface area contributed by atoms with Crippen molar-refractivity contribution in [2.75, 3.05) is 20.2 Å². The summed E-state index contributed by atoms with van der Waals surface area (Å²) < 4.78 is 33.2. The summed E-state index contributed by atoms with van der Waals surface area (Å²) in [5.41, 5.74) is 0.867. The van der Waals surface area contributed by atoms with Crippen LogP contribution >= 0.6 is 0 Å². The van der Waals surface area contributed by atoms with E-state index in [9.17, 15) is 13.2 Å². The molecule has 1 aliphatic carbocycles. The van der Waals surface area contributed by atoms with Gasteiger partial charge in [-0.3, -0.25) is 4.79 Å². The number of carbonyl (C=O) groups is 1. The van der Waals surface area contributed by atoms with Crippen molar-refractivity contribution in [3.05, 3.63) is 60.2 Å². The average Bonchev–Trinajstić information content (AvgIpc) is 3.41. The summed E-state index contributed by atoms with van der Waals surface area (Å²) in [6, 6.07) is 16.1. The van der Waals surface area contributed by atoms with Gasteiger partial charge in [0.25, 0.3) is 0 Å². The van der Waals surface area contributed by atoms with E-state index in [-0.39, 0.29) is 35.9 Å². The molecule has 7 heteroatoms. The maximum absolute atomic E-state index is 13.1. The number of nitrogens with zero attached hydrogens (tertiary/aromatic N) is 1. The van der Waals surface area contributed by atoms with Crippen molar-refractivity contribution in [1.29, 1.82) is 0 Å². The first-order valence-corrected chi connectivity index (χ1v) is 10.9. The highest BCUT2D eigenvalue weighted by Gasteiger charge is 2.45. The van der Waals surface area contributed by atoms with Gasteiger partial charge in [0.1, 0.15) is 5.75 Å². The van der Waals surface area contributed by atoms with Gasteiger partial charge in [0.2, 0.25) is 15.9 Å². The number of benzene rings is 2. The van der Waals surface area contributed by atoms with Crippen LogP contribution in [0.3, 0.4) is 0 Å². The average molecular weight is 401 g/mol. The summed E-state index contributed by atoms with van der Waals surface area (Å²) >= 11 is 0. The number of rotatable bonds is 6. The van der Waals surface area contributed by atoms with E-state index < -0.39 is 15.9 Å². The van der Waals surface area contributed by atoms with Crippen LogP contribution in [-0.4, -0.2) is 44.9 Å². The van der Waals surface area contributed by atoms with Gasteiger partial charge in [-0.15, -0.1) is 0 Å². The monoisotopic (exact) mass is 400 g/mol. The number of ether oxygens (including phenoxy) is 1. The van der Waals surface area contributed by atoms with Crippen LogP contribution in [0.4, 0.5) is 0 Å².